The minimum absolute atomic E-state index is 0.574. The molecule has 1 heterocycles. The smallest absolute Gasteiger partial charge is 0.163 e. The first-order valence-corrected chi connectivity index (χ1v) is 6.23. The maximum Gasteiger partial charge on any atom is 0.163 e. The molecule has 0 amide bonds. The number of rotatable bonds is 3. The highest BCUT2D eigenvalue weighted by Gasteiger charge is 2.35. The fourth-order valence-corrected chi connectivity index (χ4v) is 2.30. The summed E-state index contributed by atoms with van der Waals surface area (Å²) in [7, 11) is 0. The van der Waals surface area contributed by atoms with Gasteiger partial charge in [-0.1, -0.05) is 13.3 Å². The average molecular weight is 234 g/mol. The van der Waals surface area contributed by atoms with Crippen molar-refractivity contribution in [2.24, 2.45) is 5.92 Å². The predicted molar refractivity (Wildman–Crippen MR) is 67.7 cm³/mol. The van der Waals surface area contributed by atoms with Crippen molar-refractivity contribution in [2.45, 2.75) is 25.8 Å². The molecule has 1 fully saturated rings. The van der Waals surface area contributed by atoms with Crippen molar-refractivity contribution in [3.8, 4) is 11.5 Å². The van der Waals surface area contributed by atoms with Gasteiger partial charge < -0.3 is 20.5 Å². The Bertz CT molecular complexity index is 434. The summed E-state index contributed by atoms with van der Waals surface area (Å²) < 4.78 is 11.0. The summed E-state index contributed by atoms with van der Waals surface area (Å²) in [6.07, 6.45) is 2.46. The number of hydrogen-bond donors (Lipinski definition) is 2. The summed E-state index contributed by atoms with van der Waals surface area (Å²) in [5, 5.41) is 3.47. The van der Waals surface area contributed by atoms with E-state index in [9.17, 15) is 0 Å². The Morgan fingerprint density at radius 2 is 2.00 bits per heavy atom. The van der Waals surface area contributed by atoms with Crippen LogP contribution in [-0.4, -0.2) is 19.3 Å². The molecule has 1 aromatic carbocycles. The summed E-state index contributed by atoms with van der Waals surface area (Å²) in [5.41, 5.74) is 7.71. The molecule has 4 heteroatoms. The zero-order valence-electron chi connectivity index (χ0n) is 10.0. The van der Waals surface area contributed by atoms with E-state index in [0.717, 1.165) is 28.8 Å². The molecular weight excluding hydrogens is 216 g/mol. The number of nitrogens with one attached hydrogen (secondary N) is 1. The van der Waals surface area contributed by atoms with Gasteiger partial charge >= 0.3 is 0 Å². The van der Waals surface area contributed by atoms with Crippen LogP contribution in [0.5, 0.6) is 11.5 Å². The Hall–Kier alpha value is -1.58. The number of fused-ring (bicyclic) bond motifs is 1. The summed E-state index contributed by atoms with van der Waals surface area (Å²) in [4.78, 5) is 0. The Labute approximate surface area is 101 Å². The number of nitrogen functional groups attached to an aromatic ring is 1. The molecule has 0 spiro atoms. The van der Waals surface area contributed by atoms with Crippen LogP contribution in [0.3, 0.4) is 0 Å². The Morgan fingerprint density at radius 3 is 2.65 bits per heavy atom. The highest BCUT2D eigenvalue weighted by molar-refractivity contribution is 5.72. The van der Waals surface area contributed by atoms with Crippen LogP contribution in [0.1, 0.15) is 19.8 Å². The molecule has 2 aliphatic rings. The van der Waals surface area contributed by atoms with Crippen LogP contribution in [0.2, 0.25) is 0 Å². The Morgan fingerprint density at radius 1 is 1.29 bits per heavy atom. The second kappa shape index (κ2) is 4.02. The molecule has 4 nitrogen and oxygen atoms in total. The van der Waals surface area contributed by atoms with Gasteiger partial charge in [-0.05, 0) is 12.3 Å². The maximum absolute atomic E-state index is 6.01. The minimum atomic E-state index is 0.574. The summed E-state index contributed by atoms with van der Waals surface area (Å²) >= 11 is 0. The van der Waals surface area contributed by atoms with Crippen molar-refractivity contribution in [1.82, 2.24) is 0 Å². The number of anilines is 2. The molecule has 1 aliphatic carbocycles. The molecule has 92 valence electrons. The zero-order chi connectivity index (χ0) is 11.8. The van der Waals surface area contributed by atoms with E-state index < -0.39 is 0 Å². The lowest BCUT2D eigenvalue weighted by atomic mass is 10.2. The first-order valence-electron chi connectivity index (χ1n) is 6.23. The second-order valence-corrected chi connectivity index (χ2v) is 4.74. The third kappa shape index (κ3) is 1.99. The van der Waals surface area contributed by atoms with Gasteiger partial charge in [0, 0.05) is 18.2 Å². The molecule has 2 unspecified atom stereocenters. The second-order valence-electron chi connectivity index (χ2n) is 4.74. The van der Waals surface area contributed by atoms with Crippen LogP contribution < -0.4 is 20.5 Å². The molecule has 1 saturated carbocycles. The lowest BCUT2D eigenvalue weighted by Crippen LogP contribution is -2.16. The van der Waals surface area contributed by atoms with Gasteiger partial charge in [0.1, 0.15) is 13.2 Å². The molecule has 2 atom stereocenters. The molecular formula is C13H18N2O2. The van der Waals surface area contributed by atoms with Crippen LogP contribution in [0, 0.1) is 5.92 Å². The standard InChI is InChI=1S/C13H18N2O2/c1-2-8-5-10(8)15-11-7-13-12(6-9(11)14)16-3-4-17-13/h6-8,10,15H,2-5,14H2,1H3. The SMILES string of the molecule is CCC1CC1Nc1cc2c(cc1N)OCCO2. The molecule has 0 saturated heterocycles. The summed E-state index contributed by atoms with van der Waals surface area (Å²) in [6, 6.07) is 4.37. The molecule has 0 radical (unpaired) electrons. The van der Waals surface area contributed by atoms with Crippen molar-refractivity contribution >= 4 is 11.4 Å². The van der Waals surface area contributed by atoms with Gasteiger partial charge in [0.15, 0.2) is 11.5 Å². The van der Waals surface area contributed by atoms with E-state index in [2.05, 4.69) is 12.2 Å². The fraction of sp³-hybridized carbons (Fsp3) is 0.538. The quantitative estimate of drug-likeness (QED) is 0.788. The zero-order valence-corrected chi connectivity index (χ0v) is 10.0. The van der Waals surface area contributed by atoms with Gasteiger partial charge in [0.25, 0.3) is 0 Å². The molecule has 17 heavy (non-hydrogen) atoms. The number of hydrogen-bond acceptors (Lipinski definition) is 4. The van der Waals surface area contributed by atoms with Gasteiger partial charge in [-0.25, -0.2) is 0 Å². The number of ether oxygens (including phenoxy) is 2. The molecule has 0 bridgehead atoms. The first-order chi connectivity index (χ1) is 8.28. The molecule has 3 rings (SSSR count). The predicted octanol–water partition coefficient (Wildman–Crippen LogP) is 2.25. The average Bonchev–Trinajstić information content (AvgIpc) is 3.08. The van der Waals surface area contributed by atoms with Crippen molar-refractivity contribution in [1.29, 1.82) is 0 Å². The van der Waals surface area contributed by atoms with Crippen LogP contribution in [0.4, 0.5) is 11.4 Å². The van der Waals surface area contributed by atoms with E-state index in [1.54, 1.807) is 0 Å². The molecule has 1 aliphatic heterocycles. The maximum atomic E-state index is 6.01. The van der Waals surface area contributed by atoms with Crippen molar-refractivity contribution in [2.75, 3.05) is 24.3 Å². The largest absolute Gasteiger partial charge is 0.486 e. The normalized spacial score (nSPS) is 25.5. The fourth-order valence-electron chi connectivity index (χ4n) is 2.30. The molecule has 0 aromatic heterocycles. The van der Waals surface area contributed by atoms with E-state index >= 15 is 0 Å². The van der Waals surface area contributed by atoms with Crippen LogP contribution in [0.15, 0.2) is 12.1 Å². The monoisotopic (exact) mass is 234 g/mol. The van der Waals surface area contributed by atoms with E-state index in [-0.39, 0.29) is 0 Å². The van der Waals surface area contributed by atoms with Crippen molar-refractivity contribution < 1.29 is 9.47 Å². The van der Waals surface area contributed by atoms with E-state index in [4.69, 9.17) is 15.2 Å². The van der Waals surface area contributed by atoms with Gasteiger partial charge in [0.05, 0.1) is 11.4 Å². The summed E-state index contributed by atoms with van der Waals surface area (Å²) in [6.45, 7) is 3.43. The van der Waals surface area contributed by atoms with E-state index in [1.807, 2.05) is 12.1 Å². The number of nitrogens with two attached hydrogens (primary N) is 1. The van der Waals surface area contributed by atoms with E-state index in [1.165, 1.54) is 12.8 Å². The van der Waals surface area contributed by atoms with Gasteiger partial charge in [-0.3, -0.25) is 0 Å². The lowest BCUT2D eigenvalue weighted by Gasteiger charge is -2.20. The van der Waals surface area contributed by atoms with Crippen molar-refractivity contribution in [3.05, 3.63) is 12.1 Å². The van der Waals surface area contributed by atoms with Gasteiger partial charge in [0.2, 0.25) is 0 Å². The first kappa shape index (κ1) is 10.6. The van der Waals surface area contributed by atoms with Crippen LogP contribution in [0.25, 0.3) is 0 Å². The lowest BCUT2D eigenvalue weighted by molar-refractivity contribution is 0.172. The molecule has 3 N–H and O–H groups in total. The van der Waals surface area contributed by atoms with Crippen LogP contribution in [-0.2, 0) is 0 Å². The third-order valence-corrected chi connectivity index (χ3v) is 3.50. The summed E-state index contributed by atoms with van der Waals surface area (Å²) in [5.74, 6) is 2.34. The topological polar surface area (TPSA) is 56.5 Å². The number of benzene rings is 1. The Balaban J connectivity index is 1.80. The third-order valence-electron chi connectivity index (χ3n) is 3.50. The highest BCUT2D eigenvalue weighted by Crippen LogP contribution is 2.41. The van der Waals surface area contributed by atoms with Crippen molar-refractivity contribution in [3.63, 3.8) is 0 Å². The Kier molecular flexibility index (Phi) is 2.50. The minimum Gasteiger partial charge on any atom is -0.486 e. The van der Waals surface area contributed by atoms with Gasteiger partial charge in [-0.2, -0.15) is 0 Å². The van der Waals surface area contributed by atoms with E-state index in [0.29, 0.717) is 19.3 Å². The molecule has 1 aromatic rings. The highest BCUT2D eigenvalue weighted by atomic mass is 16.6. The van der Waals surface area contributed by atoms with Crippen LogP contribution >= 0.6 is 0 Å². The van der Waals surface area contributed by atoms with Gasteiger partial charge in [-0.15, -0.1) is 0 Å².